The number of carboxylic acid groups (broad SMARTS) is 2. The van der Waals surface area contributed by atoms with E-state index < -0.39 is 18.1 Å². The first kappa shape index (κ1) is 27.9. The Morgan fingerprint density at radius 1 is 1.06 bits per heavy atom. The van der Waals surface area contributed by atoms with Gasteiger partial charge in [0.2, 0.25) is 5.56 Å². The van der Waals surface area contributed by atoms with Crippen molar-refractivity contribution in [3.8, 4) is 0 Å². The van der Waals surface area contributed by atoms with Crippen LogP contribution in [-0.4, -0.2) is 44.8 Å². The van der Waals surface area contributed by atoms with E-state index in [2.05, 4.69) is 22.4 Å². The van der Waals surface area contributed by atoms with Crippen LogP contribution in [0.1, 0.15) is 67.7 Å². The van der Waals surface area contributed by atoms with Gasteiger partial charge in [0.1, 0.15) is 5.82 Å². The number of carbonyl (C=O) groups is 2. The molecule has 0 amide bonds. The minimum Gasteiger partial charge on any atom is -0.481 e. The molecule has 3 heterocycles. The van der Waals surface area contributed by atoms with Gasteiger partial charge in [0.05, 0.1) is 6.42 Å². The van der Waals surface area contributed by atoms with Crippen LogP contribution in [0, 0.1) is 0 Å². The second kappa shape index (κ2) is 13.5. The summed E-state index contributed by atoms with van der Waals surface area (Å²) in [7, 11) is 0. The number of pyridine rings is 2. The Balaban J connectivity index is 0.000000540. The molecular formula is C24H30F3N3O5. The van der Waals surface area contributed by atoms with Gasteiger partial charge in [0.25, 0.3) is 0 Å². The van der Waals surface area contributed by atoms with Gasteiger partial charge in [-0.05, 0) is 55.2 Å². The molecule has 0 aliphatic carbocycles. The number of H-pyrrole nitrogens is 1. The number of hydrogen-bond acceptors (Lipinski definition) is 5. The third-order valence-electron chi connectivity index (χ3n) is 5.63. The van der Waals surface area contributed by atoms with E-state index in [0.29, 0.717) is 0 Å². The maximum absolute atomic E-state index is 11.2. The van der Waals surface area contributed by atoms with Crippen LogP contribution in [0.5, 0.6) is 0 Å². The van der Waals surface area contributed by atoms with Gasteiger partial charge in [-0.15, -0.1) is 0 Å². The normalized spacial score (nSPS) is 13.6. The molecule has 2 aromatic rings. The van der Waals surface area contributed by atoms with E-state index in [4.69, 9.17) is 20.0 Å². The van der Waals surface area contributed by atoms with E-state index in [1.165, 1.54) is 18.1 Å². The molecule has 1 aliphatic heterocycles. The summed E-state index contributed by atoms with van der Waals surface area (Å²) in [6.07, 6.45) is 5.00. The first-order valence-corrected chi connectivity index (χ1v) is 11.5. The van der Waals surface area contributed by atoms with Crippen molar-refractivity contribution in [3.05, 3.63) is 57.6 Å². The lowest BCUT2D eigenvalue weighted by atomic mass is 9.91. The predicted molar refractivity (Wildman–Crippen MR) is 124 cm³/mol. The first-order valence-electron chi connectivity index (χ1n) is 11.5. The predicted octanol–water partition coefficient (Wildman–Crippen LogP) is 4.51. The molecule has 0 bridgehead atoms. The molecule has 0 fully saturated rings. The standard InChI is InChI=1S/C22H29N3O3.C2HF3O2/c26-20-12-10-18(15-24-20)17(14-21(27)28)6-3-1-2-4-8-19-11-9-16-7-5-13-23-22(16)25-19;3-2(4,5)1(6)7/h9-12,15,17H,1-8,13-14H2,(H,23,25)(H,24,26)(H,27,28);(H,6,7). The number of rotatable bonds is 10. The van der Waals surface area contributed by atoms with Gasteiger partial charge in [-0.25, -0.2) is 9.78 Å². The van der Waals surface area contributed by atoms with Gasteiger partial charge in [-0.1, -0.05) is 31.4 Å². The highest BCUT2D eigenvalue weighted by molar-refractivity contribution is 5.73. The summed E-state index contributed by atoms with van der Waals surface area (Å²) in [5.74, 6) is -2.56. The first-order chi connectivity index (χ1) is 16.6. The largest absolute Gasteiger partial charge is 0.490 e. The molecule has 3 rings (SSSR count). The molecule has 0 saturated heterocycles. The number of aromatic amines is 1. The molecule has 4 N–H and O–H groups in total. The molecular weight excluding hydrogens is 467 g/mol. The number of nitrogens with one attached hydrogen (secondary N) is 2. The van der Waals surface area contributed by atoms with Gasteiger partial charge in [-0.3, -0.25) is 9.59 Å². The average molecular weight is 498 g/mol. The number of aryl methyl sites for hydroxylation is 2. The van der Waals surface area contributed by atoms with Gasteiger partial charge >= 0.3 is 18.1 Å². The number of nitrogens with zero attached hydrogens (tertiary/aromatic N) is 1. The maximum Gasteiger partial charge on any atom is 0.490 e. The Hall–Kier alpha value is -3.37. The molecule has 1 aliphatic rings. The zero-order valence-electron chi connectivity index (χ0n) is 19.2. The Morgan fingerprint density at radius 3 is 2.40 bits per heavy atom. The highest BCUT2D eigenvalue weighted by Crippen LogP contribution is 2.26. The van der Waals surface area contributed by atoms with E-state index in [-0.39, 0.29) is 17.9 Å². The number of halogens is 3. The lowest BCUT2D eigenvalue weighted by Crippen LogP contribution is -2.21. The Bertz CT molecular complexity index is 1020. The highest BCUT2D eigenvalue weighted by atomic mass is 19.4. The SMILES string of the molecule is O=C(O)C(F)(F)F.O=C(O)CC(CCCCCCc1ccc2c(n1)NCCC2)c1ccc(=O)[nH]c1. The van der Waals surface area contributed by atoms with Crippen LogP contribution in [0.2, 0.25) is 0 Å². The van der Waals surface area contributed by atoms with E-state index in [1.54, 1.807) is 12.3 Å². The third kappa shape index (κ3) is 10.2. The van der Waals surface area contributed by atoms with Gasteiger partial charge < -0.3 is 20.5 Å². The molecule has 0 radical (unpaired) electrons. The summed E-state index contributed by atoms with van der Waals surface area (Å²) in [6.45, 7) is 1.01. The maximum atomic E-state index is 11.2. The molecule has 2 aromatic heterocycles. The minimum absolute atomic E-state index is 0.0530. The van der Waals surface area contributed by atoms with Crippen molar-refractivity contribution in [1.82, 2.24) is 9.97 Å². The van der Waals surface area contributed by atoms with Crippen LogP contribution in [0.15, 0.2) is 35.3 Å². The summed E-state index contributed by atoms with van der Waals surface area (Å²) < 4.78 is 31.7. The molecule has 0 spiro atoms. The summed E-state index contributed by atoms with van der Waals surface area (Å²) in [5, 5.41) is 19.7. The van der Waals surface area contributed by atoms with Crippen LogP contribution in [0.25, 0.3) is 0 Å². The van der Waals surface area contributed by atoms with E-state index >= 15 is 0 Å². The van der Waals surface area contributed by atoms with Gasteiger partial charge in [-0.2, -0.15) is 13.2 Å². The van der Waals surface area contributed by atoms with Crippen molar-refractivity contribution < 1.29 is 33.0 Å². The number of carboxylic acids is 2. The molecule has 11 heteroatoms. The van der Waals surface area contributed by atoms with E-state index in [9.17, 15) is 22.8 Å². The van der Waals surface area contributed by atoms with Crippen molar-refractivity contribution in [2.75, 3.05) is 11.9 Å². The molecule has 0 aromatic carbocycles. The van der Waals surface area contributed by atoms with E-state index in [1.807, 2.05) is 0 Å². The fourth-order valence-corrected chi connectivity index (χ4v) is 3.83. The van der Waals surface area contributed by atoms with E-state index in [0.717, 1.165) is 68.6 Å². The number of anilines is 1. The zero-order valence-corrected chi connectivity index (χ0v) is 19.2. The van der Waals surface area contributed by atoms with Crippen LogP contribution < -0.4 is 10.9 Å². The smallest absolute Gasteiger partial charge is 0.481 e. The number of unbranched alkanes of at least 4 members (excludes halogenated alkanes) is 3. The Kier molecular flexibility index (Phi) is 10.8. The van der Waals surface area contributed by atoms with Crippen molar-refractivity contribution in [2.24, 2.45) is 0 Å². The van der Waals surface area contributed by atoms with Crippen LogP contribution >= 0.6 is 0 Å². The summed E-state index contributed by atoms with van der Waals surface area (Å²) in [4.78, 5) is 38.6. The van der Waals surface area contributed by atoms with Crippen LogP contribution in [0.3, 0.4) is 0 Å². The number of aliphatic carboxylic acids is 2. The van der Waals surface area contributed by atoms with Gasteiger partial charge in [0.15, 0.2) is 0 Å². The Labute approximate surface area is 200 Å². The topological polar surface area (TPSA) is 132 Å². The van der Waals surface area contributed by atoms with Crippen molar-refractivity contribution in [2.45, 2.75) is 69.9 Å². The molecule has 192 valence electrons. The van der Waals surface area contributed by atoms with Crippen LogP contribution in [-0.2, 0) is 22.4 Å². The zero-order chi connectivity index (χ0) is 25.8. The van der Waals surface area contributed by atoms with Crippen molar-refractivity contribution >= 4 is 17.8 Å². The monoisotopic (exact) mass is 497 g/mol. The lowest BCUT2D eigenvalue weighted by Gasteiger charge is -2.17. The Morgan fingerprint density at radius 2 is 1.77 bits per heavy atom. The minimum atomic E-state index is -5.08. The quantitative estimate of drug-likeness (QED) is 0.355. The fraction of sp³-hybridized carbons (Fsp3) is 0.500. The summed E-state index contributed by atoms with van der Waals surface area (Å²) >= 11 is 0. The molecule has 1 atom stereocenters. The second-order valence-electron chi connectivity index (χ2n) is 8.38. The summed E-state index contributed by atoms with van der Waals surface area (Å²) in [6, 6.07) is 7.54. The lowest BCUT2D eigenvalue weighted by molar-refractivity contribution is -0.192. The summed E-state index contributed by atoms with van der Waals surface area (Å²) in [5.41, 5.74) is 3.20. The highest BCUT2D eigenvalue weighted by Gasteiger charge is 2.38. The molecule has 35 heavy (non-hydrogen) atoms. The van der Waals surface area contributed by atoms with Crippen molar-refractivity contribution in [1.29, 1.82) is 0 Å². The fourth-order valence-electron chi connectivity index (χ4n) is 3.83. The molecule has 0 saturated carbocycles. The second-order valence-corrected chi connectivity index (χ2v) is 8.38. The van der Waals surface area contributed by atoms with Gasteiger partial charge in [0, 0.05) is 24.5 Å². The van der Waals surface area contributed by atoms with Crippen molar-refractivity contribution in [3.63, 3.8) is 0 Å². The third-order valence-corrected chi connectivity index (χ3v) is 5.63. The number of aromatic nitrogens is 2. The number of alkyl halides is 3. The van der Waals surface area contributed by atoms with Crippen LogP contribution in [0.4, 0.5) is 19.0 Å². The molecule has 8 nitrogen and oxygen atoms in total. The number of hydrogen-bond donors (Lipinski definition) is 4. The average Bonchev–Trinajstić information content (AvgIpc) is 2.80. The number of fused-ring (bicyclic) bond motifs is 1. The molecule has 1 unspecified atom stereocenters.